The molecule has 44 nitrogen and oxygen atoms in total. The lowest BCUT2D eigenvalue weighted by Gasteiger charge is -2.44. The molecule has 0 saturated carbocycles. The van der Waals surface area contributed by atoms with Gasteiger partial charge in [-0.3, -0.25) is 0 Å². The summed E-state index contributed by atoms with van der Waals surface area (Å²) in [6, 6.07) is 2.90. The average molecular weight is 1570 g/mol. The number of carbonyl (C=O) groups excluding carboxylic acids is 8. The average Bonchev–Trinajstić information content (AvgIpc) is 0.862. The lowest BCUT2D eigenvalue weighted by atomic mass is 9.91. The Kier molecular flexibility index (Phi) is 18.1. The van der Waals surface area contributed by atoms with Gasteiger partial charge in [-0.2, -0.15) is 0 Å². The molecule has 2 fully saturated rings. The topological polar surface area (TPSA) is 744 Å². The first-order valence-electron chi connectivity index (χ1n) is 31.2. The monoisotopic (exact) mass is 1570 g/mol. The summed E-state index contributed by atoms with van der Waals surface area (Å²) in [5, 5.41) is 273. The van der Waals surface area contributed by atoms with E-state index < -0.39 is 344 Å². The van der Waals surface area contributed by atoms with Crippen LogP contribution in [0.1, 0.15) is 82.9 Å². The molecule has 2 saturated heterocycles. The molecule has 5 heterocycles. The van der Waals surface area contributed by atoms with Gasteiger partial charge in [0.05, 0.1) is 45.6 Å². The van der Waals surface area contributed by atoms with Gasteiger partial charge in [0.25, 0.3) is 0 Å². The molecule has 0 bridgehead atoms. The minimum atomic E-state index is -2.90. The third-order valence-electron chi connectivity index (χ3n) is 18.0. The number of fused-ring (bicyclic) bond motifs is 13. The fraction of sp³-hybridized carbons (Fsp3) is 0.176. The number of hydrogen-bond donors (Lipinski definition) is 25. The fourth-order valence-electron chi connectivity index (χ4n) is 12.6. The van der Waals surface area contributed by atoms with Crippen molar-refractivity contribution in [1.82, 2.24) is 0 Å². The number of hydrogen-bond acceptors (Lipinski definition) is 44. The van der Waals surface area contributed by atoms with E-state index in [2.05, 4.69) is 0 Å². The zero-order valence-electron chi connectivity index (χ0n) is 54.8. The predicted molar refractivity (Wildman–Crippen MR) is 344 cm³/mol. The summed E-state index contributed by atoms with van der Waals surface area (Å²) >= 11 is 0. The van der Waals surface area contributed by atoms with E-state index in [-0.39, 0.29) is 6.07 Å². The molecule has 5 aliphatic heterocycles. The third kappa shape index (κ3) is 11.9. The summed E-state index contributed by atoms with van der Waals surface area (Å²) in [7, 11) is 0. The molecule has 8 aromatic carbocycles. The molecule has 0 amide bonds. The summed E-state index contributed by atoms with van der Waals surface area (Å²) in [5.74, 6) is -52.4. The van der Waals surface area contributed by atoms with Crippen LogP contribution >= 0.6 is 0 Å². The van der Waals surface area contributed by atoms with Crippen molar-refractivity contribution in [2.75, 3.05) is 13.2 Å². The first kappa shape index (κ1) is 74.8. The first-order valence-corrected chi connectivity index (χ1v) is 31.2. The normalized spacial score (nSPS) is 21.2. The molecular weight excluding hydrogens is 1520 g/mol. The van der Waals surface area contributed by atoms with Crippen LogP contribution in [0.25, 0.3) is 33.4 Å². The molecule has 584 valence electrons. The Morgan fingerprint density at radius 3 is 1.04 bits per heavy atom. The highest BCUT2D eigenvalue weighted by atomic mass is 16.8. The number of esters is 8. The van der Waals surface area contributed by atoms with Crippen LogP contribution in [0.15, 0.2) is 54.6 Å². The number of rotatable bonds is 7. The molecule has 25 N–H and O–H groups in total. The second-order valence-corrected chi connectivity index (χ2v) is 24.5. The highest BCUT2D eigenvalue weighted by Gasteiger charge is 2.58. The second-order valence-electron chi connectivity index (χ2n) is 24.5. The van der Waals surface area contributed by atoms with Gasteiger partial charge in [0.15, 0.2) is 110 Å². The van der Waals surface area contributed by atoms with Gasteiger partial charge in [0, 0.05) is 39.4 Å². The minimum Gasteiger partial charge on any atom is -0.504 e. The van der Waals surface area contributed by atoms with Crippen molar-refractivity contribution in [2.24, 2.45) is 0 Å². The van der Waals surface area contributed by atoms with Crippen molar-refractivity contribution in [3.05, 3.63) is 99.1 Å². The van der Waals surface area contributed by atoms with Crippen LogP contribution in [0.5, 0.6) is 144 Å². The van der Waals surface area contributed by atoms with Crippen molar-refractivity contribution in [3.8, 4) is 177 Å². The highest BCUT2D eigenvalue weighted by Crippen LogP contribution is 2.58. The summed E-state index contributed by atoms with van der Waals surface area (Å²) in [6.07, 6.45) is -25.9. The van der Waals surface area contributed by atoms with E-state index in [1.807, 2.05) is 0 Å². The van der Waals surface area contributed by atoms with Crippen LogP contribution in [0.3, 0.4) is 0 Å². The molecule has 5 aliphatic rings. The van der Waals surface area contributed by atoms with Crippen LogP contribution in [-0.2, 0) is 47.4 Å². The quantitative estimate of drug-likeness (QED) is 0.0614. The molecule has 10 unspecified atom stereocenters. The van der Waals surface area contributed by atoms with E-state index in [9.17, 15) is 166 Å². The Bertz CT molecular complexity index is 5510. The van der Waals surface area contributed by atoms with Crippen molar-refractivity contribution in [1.29, 1.82) is 0 Å². The van der Waals surface area contributed by atoms with Gasteiger partial charge >= 0.3 is 47.8 Å². The van der Waals surface area contributed by atoms with E-state index in [0.717, 1.165) is 0 Å². The number of phenolic OH excluding ortho intramolecular Hbond substituents is 23. The fourth-order valence-corrected chi connectivity index (χ4v) is 12.6. The predicted octanol–water partition coefficient (Wildman–Crippen LogP) is 1.75. The van der Waals surface area contributed by atoms with Gasteiger partial charge in [-0.1, -0.05) is 0 Å². The van der Waals surface area contributed by atoms with Gasteiger partial charge in [-0.05, 0) is 48.5 Å². The number of phenols is 23. The Morgan fingerprint density at radius 2 is 0.652 bits per heavy atom. The molecule has 44 heteroatoms. The lowest BCUT2D eigenvalue weighted by Crippen LogP contribution is -2.63. The van der Waals surface area contributed by atoms with E-state index in [0.29, 0.717) is 48.5 Å². The number of aromatic hydroxyl groups is 23. The maximum Gasteiger partial charge on any atom is 0.344 e. The number of carbonyl (C=O) groups is 8. The van der Waals surface area contributed by atoms with Crippen LogP contribution in [0.4, 0.5) is 0 Å². The van der Waals surface area contributed by atoms with Crippen molar-refractivity contribution in [2.45, 2.75) is 61.4 Å². The van der Waals surface area contributed by atoms with Crippen molar-refractivity contribution in [3.63, 3.8) is 0 Å². The number of ether oxygens (including phenoxy) is 11. The highest BCUT2D eigenvalue weighted by molar-refractivity contribution is 6.12. The summed E-state index contributed by atoms with van der Waals surface area (Å²) < 4.78 is 61.8. The minimum absolute atomic E-state index is 0.221. The molecule has 112 heavy (non-hydrogen) atoms. The van der Waals surface area contributed by atoms with Gasteiger partial charge in [-0.25, -0.2) is 38.4 Å². The molecule has 0 radical (unpaired) electrons. The zero-order valence-corrected chi connectivity index (χ0v) is 54.8. The van der Waals surface area contributed by atoms with Crippen LogP contribution in [0.2, 0.25) is 0 Å². The van der Waals surface area contributed by atoms with Gasteiger partial charge < -0.3 is 180 Å². The summed E-state index contributed by atoms with van der Waals surface area (Å²) in [6.45, 7) is -2.80. The standard InChI is InChI=1S/C68H48O44/c69-10-29-45(86)55-57(109-64(99)17-7-25(75)42(83)50(91)35(17)33-15(62(97)107-55)5-23(73)40(81)48(33)89)67(104-29)112-66(101)19-9-27(77)44(85)52(93)53(19)103-28-2-12(1-20(70)37(28)78)59(94)111-68-58-56(108-63(98)16-6-24(74)41(82)49(90)34(16)36-18(65(100)110-58)8-26(76)43(84)51(36)92)54-30(105-68)11-102-60(95)13-3-21(71)38(79)46(87)31(13)32-14(61(96)106-54)4-22(72)39(80)47(32)88/h1-9,29-30,45,54-58,67-93H,10-11H2. The number of aliphatic hydroxyl groups is 2. The van der Waals surface area contributed by atoms with Gasteiger partial charge in [0.2, 0.25) is 76.5 Å². The second kappa shape index (κ2) is 27.1. The summed E-state index contributed by atoms with van der Waals surface area (Å²) in [5.41, 5.74) is -16.8. The lowest BCUT2D eigenvalue weighted by molar-refractivity contribution is -0.283. The summed E-state index contributed by atoms with van der Waals surface area (Å²) in [4.78, 5) is 117. The van der Waals surface area contributed by atoms with Crippen LogP contribution < -0.4 is 4.74 Å². The Labute approximate surface area is 614 Å². The van der Waals surface area contributed by atoms with Crippen LogP contribution in [0, 0.1) is 0 Å². The zero-order chi connectivity index (χ0) is 81.5. The van der Waals surface area contributed by atoms with Crippen molar-refractivity contribution < 1.29 is 218 Å². The number of aliphatic hydroxyl groups excluding tert-OH is 2. The third-order valence-corrected chi connectivity index (χ3v) is 18.0. The SMILES string of the molecule is O=C(OC1OC2COC(=O)c3cc(O)c(O)c(O)c3-c3c(cc(O)c(O)c3O)C(=O)OC2C2OC(=O)c3cc(O)c(O)c(O)c3-c3c(cc(O)c(O)c3O)C(=O)OC12)c1cc(O)c(O)c(Oc2c(C(=O)OC3OC(CO)C(O)C4OC(=O)c5cc(O)c(O)c(O)c5-c5c(cc(O)c(O)c5O)C(=O)OC34)cc(O)c(O)c2O)c1. The van der Waals surface area contributed by atoms with E-state index in [4.69, 9.17) is 52.1 Å². The largest absolute Gasteiger partial charge is 0.504 e. The first-order chi connectivity index (χ1) is 52.8. The molecule has 0 spiro atoms. The molecule has 8 aromatic rings. The Hall–Kier alpha value is -15.4. The number of benzene rings is 8. The van der Waals surface area contributed by atoms with E-state index in [1.165, 1.54) is 0 Å². The Balaban J connectivity index is 0.893. The van der Waals surface area contributed by atoms with Crippen molar-refractivity contribution >= 4 is 47.8 Å². The molecule has 10 atom stereocenters. The van der Waals surface area contributed by atoms with E-state index >= 15 is 0 Å². The molecule has 13 rings (SSSR count). The Morgan fingerprint density at radius 1 is 0.339 bits per heavy atom. The smallest absolute Gasteiger partial charge is 0.344 e. The maximum atomic E-state index is 14.9. The maximum absolute atomic E-state index is 14.9. The van der Waals surface area contributed by atoms with E-state index in [1.54, 1.807) is 0 Å². The molecule has 0 aromatic heterocycles. The van der Waals surface area contributed by atoms with Gasteiger partial charge in [0.1, 0.15) is 30.5 Å². The van der Waals surface area contributed by atoms with Crippen LogP contribution in [-0.4, -0.2) is 250 Å². The number of cyclic esters (lactones) is 1. The van der Waals surface area contributed by atoms with Gasteiger partial charge in [-0.15, -0.1) is 0 Å². The molecule has 0 aliphatic carbocycles. The molecular formula is C68H48O44.